The molecule has 0 saturated carbocycles. The number of amides is 2. The molecule has 1 aromatic rings. The monoisotopic (exact) mass is 286 g/mol. The van der Waals surface area contributed by atoms with E-state index >= 15 is 0 Å². The van der Waals surface area contributed by atoms with E-state index in [4.69, 9.17) is 4.74 Å². The van der Waals surface area contributed by atoms with E-state index in [1.54, 1.807) is 18.2 Å². The van der Waals surface area contributed by atoms with Gasteiger partial charge in [-0.2, -0.15) is 0 Å². The molecule has 7 nitrogen and oxygen atoms in total. The zero-order valence-corrected chi connectivity index (χ0v) is 12.9. The molecule has 1 aliphatic rings. The van der Waals surface area contributed by atoms with Crippen molar-refractivity contribution in [2.45, 2.75) is 12.8 Å². The molecule has 0 aromatic heterocycles. The van der Waals surface area contributed by atoms with Crippen LogP contribution >= 0.6 is 0 Å². The van der Waals surface area contributed by atoms with E-state index in [1.807, 2.05) is 0 Å². The molecule has 0 aliphatic carbocycles. The summed E-state index contributed by atoms with van der Waals surface area (Å²) < 4.78 is 5.16. The fourth-order valence-electron chi connectivity index (χ4n) is 1.60. The molecule has 0 saturated heterocycles. The maximum Gasteiger partial charge on any atom is 1.00 e. The van der Waals surface area contributed by atoms with Crippen LogP contribution in [-0.2, 0) is 14.4 Å². The van der Waals surface area contributed by atoms with Crippen molar-refractivity contribution in [1.29, 1.82) is 0 Å². The summed E-state index contributed by atoms with van der Waals surface area (Å²) >= 11 is 0. The Morgan fingerprint density at radius 2 is 2.10 bits per heavy atom. The summed E-state index contributed by atoms with van der Waals surface area (Å²) in [5.74, 6) is -1.46. The van der Waals surface area contributed by atoms with Crippen LogP contribution in [-0.4, -0.2) is 24.4 Å². The van der Waals surface area contributed by atoms with Crippen LogP contribution in [0.15, 0.2) is 18.2 Å². The molecule has 0 bridgehead atoms. The molecule has 2 amide bonds. The summed E-state index contributed by atoms with van der Waals surface area (Å²) in [4.78, 5) is 32.8. The maximum absolute atomic E-state index is 11.4. The molecule has 100 valence electrons. The number of carbonyl (C=O) groups is 3. The molecule has 1 aromatic carbocycles. The number of benzene rings is 1. The third-order valence-electron chi connectivity index (χ3n) is 2.45. The van der Waals surface area contributed by atoms with Crippen LogP contribution in [0.5, 0.6) is 5.75 Å². The average Bonchev–Trinajstić information content (AvgIpc) is 2.36. The van der Waals surface area contributed by atoms with Crippen molar-refractivity contribution in [2.24, 2.45) is 0 Å². The van der Waals surface area contributed by atoms with Crippen molar-refractivity contribution in [2.75, 3.05) is 17.2 Å². The van der Waals surface area contributed by atoms with Crippen LogP contribution < -0.4 is 50.0 Å². The Hall–Kier alpha value is -1.57. The number of fused-ring (bicyclic) bond motifs is 1. The van der Waals surface area contributed by atoms with Gasteiger partial charge in [0.25, 0.3) is 5.91 Å². The Balaban J connectivity index is 0.00000200. The molecule has 0 fully saturated rings. The van der Waals surface area contributed by atoms with Crippen molar-refractivity contribution in [1.82, 2.24) is 0 Å². The molecule has 0 spiro atoms. The van der Waals surface area contributed by atoms with Gasteiger partial charge in [0.1, 0.15) is 5.75 Å². The second-order valence-electron chi connectivity index (χ2n) is 3.97. The zero-order chi connectivity index (χ0) is 13.8. The number of aliphatic carboxylic acids is 1. The Labute approximate surface area is 137 Å². The number of anilines is 2. The molecule has 8 heteroatoms. The predicted molar refractivity (Wildman–Crippen MR) is 63.4 cm³/mol. The number of carbonyl (C=O) groups excluding carboxylic acids is 3. The van der Waals surface area contributed by atoms with Crippen LogP contribution in [0.3, 0.4) is 0 Å². The van der Waals surface area contributed by atoms with Gasteiger partial charge < -0.3 is 25.3 Å². The second kappa shape index (κ2) is 7.28. The van der Waals surface area contributed by atoms with E-state index in [9.17, 15) is 19.5 Å². The normalized spacial score (nSPS) is 12.3. The van der Waals surface area contributed by atoms with Gasteiger partial charge in [0, 0.05) is 18.1 Å². The minimum absolute atomic E-state index is 0. The summed E-state index contributed by atoms with van der Waals surface area (Å²) in [5, 5.41) is 15.4. The molecule has 1 heterocycles. The van der Waals surface area contributed by atoms with Gasteiger partial charge >= 0.3 is 29.6 Å². The molecule has 0 radical (unpaired) electrons. The number of hydrogen-bond donors (Lipinski definition) is 2. The van der Waals surface area contributed by atoms with E-state index in [1.165, 1.54) is 0 Å². The largest absolute Gasteiger partial charge is 1.00 e. The molecule has 20 heavy (non-hydrogen) atoms. The summed E-state index contributed by atoms with van der Waals surface area (Å²) in [7, 11) is 0. The Bertz CT molecular complexity index is 547. The van der Waals surface area contributed by atoms with Crippen molar-refractivity contribution in [3.8, 4) is 5.75 Å². The number of hydrogen-bond acceptors (Lipinski definition) is 5. The van der Waals surface area contributed by atoms with Gasteiger partial charge in [-0.25, -0.2) is 0 Å². The minimum Gasteiger partial charge on any atom is -0.550 e. The first-order chi connectivity index (χ1) is 9.04. The molecule has 2 N–H and O–H groups in total. The van der Waals surface area contributed by atoms with Gasteiger partial charge in [0.15, 0.2) is 6.61 Å². The van der Waals surface area contributed by atoms with Crippen molar-refractivity contribution >= 4 is 29.2 Å². The third kappa shape index (κ3) is 4.52. The SMILES string of the molecule is O=C([O-])CCC(=O)Nc1ccc2c(c1)NC(=O)CO2.[Na+]. The van der Waals surface area contributed by atoms with Gasteiger partial charge in [-0.15, -0.1) is 0 Å². The quantitative estimate of drug-likeness (QED) is 0.558. The van der Waals surface area contributed by atoms with Crippen LogP contribution in [0.4, 0.5) is 11.4 Å². The molecule has 0 atom stereocenters. The van der Waals surface area contributed by atoms with Crippen LogP contribution in [0.1, 0.15) is 12.8 Å². The second-order valence-corrected chi connectivity index (χ2v) is 3.97. The maximum atomic E-state index is 11.4. The van der Waals surface area contributed by atoms with Crippen LogP contribution in [0.2, 0.25) is 0 Å². The number of ether oxygens (including phenoxy) is 1. The Morgan fingerprint density at radius 1 is 1.35 bits per heavy atom. The Morgan fingerprint density at radius 3 is 2.80 bits per heavy atom. The topological polar surface area (TPSA) is 108 Å². The van der Waals surface area contributed by atoms with Crippen molar-refractivity contribution in [3.63, 3.8) is 0 Å². The number of nitrogens with one attached hydrogen (secondary N) is 2. The molecule has 2 rings (SSSR count). The van der Waals surface area contributed by atoms with Crippen molar-refractivity contribution in [3.05, 3.63) is 18.2 Å². The summed E-state index contributed by atoms with van der Waals surface area (Å²) in [5.41, 5.74) is 0.918. The van der Waals surface area contributed by atoms with E-state index in [0.29, 0.717) is 17.1 Å². The first-order valence-corrected chi connectivity index (χ1v) is 5.61. The number of rotatable bonds is 4. The summed E-state index contributed by atoms with van der Waals surface area (Å²) in [6.45, 7) is -0.0374. The predicted octanol–water partition coefficient (Wildman–Crippen LogP) is -3.51. The van der Waals surface area contributed by atoms with Crippen molar-refractivity contribution < 1.29 is 53.8 Å². The first-order valence-electron chi connectivity index (χ1n) is 5.61. The number of carboxylic acid groups (broad SMARTS) is 1. The van der Waals surface area contributed by atoms with Gasteiger partial charge in [-0.05, 0) is 24.6 Å². The van der Waals surface area contributed by atoms with Gasteiger partial charge in [-0.1, -0.05) is 0 Å². The van der Waals surface area contributed by atoms with Crippen LogP contribution in [0, 0.1) is 0 Å². The standard InChI is InChI=1S/C12H12N2O5.Na/c15-10(3-4-12(17)18)13-7-1-2-9-8(5-7)14-11(16)6-19-9;/h1-2,5H,3-4,6H2,(H,13,15)(H,14,16)(H,17,18);/q;+1/p-1. The fourth-order valence-corrected chi connectivity index (χ4v) is 1.60. The third-order valence-corrected chi connectivity index (χ3v) is 2.45. The van der Waals surface area contributed by atoms with E-state index < -0.39 is 11.9 Å². The van der Waals surface area contributed by atoms with E-state index in [2.05, 4.69) is 10.6 Å². The Kier molecular flexibility index (Phi) is 6.00. The van der Waals surface area contributed by atoms with E-state index in [0.717, 1.165) is 0 Å². The average molecular weight is 286 g/mol. The smallest absolute Gasteiger partial charge is 0.550 e. The van der Waals surface area contributed by atoms with Gasteiger partial charge in [0.05, 0.1) is 5.69 Å². The molecule has 1 aliphatic heterocycles. The zero-order valence-electron chi connectivity index (χ0n) is 10.9. The minimum atomic E-state index is -1.28. The van der Waals surface area contributed by atoms with Gasteiger partial charge in [0.2, 0.25) is 5.91 Å². The number of carboxylic acids is 1. The first kappa shape index (κ1) is 16.5. The molecule has 0 unspecified atom stereocenters. The van der Waals surface area contributed by atoms with E-state index in [-0.39, 0.29) is 54.9 Å². The molecular weight excluding hydrogens is 275 g/mol. The van der Waals surface area contributed by atoms with Crippen LogP contribution in [0.25, 0.3) is 0 Å². The molecular formula is C12H11N2NaO5. The summed E-state index contributed by atoms with van der Waals surface area (Å²) in [6, 6.07) is 4.76. The fraction of sp³-hybridized carbons (Fsp3) is 0.250. The van der Waals surface area contributed by atoms with Gasteiger partial charge in [-0.3, -0.25) is 9.59 Å². The summed E-state index contributed by atoms with van der Waals surface area (Å²) in [6.07, 6.45) is -0.501.